The second-order valence-corrected chi connectivity index (χ2v) is 8.19. The van der Waals surface area contributed by atoms with Crippen molar-refractivity contribution >= 4 is 29.3 Å². The van der Waals surface area contributed by atoms with E-state index in [4.69, 9.17) is 4.74 Å². The third-order valence-corrected chi connectivity index (χ3v) is 6.06. The van der Waals surface area contributed by atoms with Crippen LogP contribution < -0.4 is 4.90 Å². The summed E-state index contributed by atoms with van der Waals surface area (Å²) in [5.74, 6) is 0.112. The zero-order valence-electron chi connectivity index (χ0n) is 16.9. The first kappa shape index (κ1) is 20.9. The molecule has 2 heterocycles. The van der Waals surface area contributed by atoms with Gasteiger partial charge in [-0.1, -0.05) is 30.0 Å². The number of benzene rings is 2. The van der Waals surface area contributed by atoms with Crippen LogP contribution in [0.4, 0.5) is 5.69 Å². The molecule has 0 radical (unpaired) electrons. The van der Waals surface area contributed by atoms with Crippen LogP contribution in [-0.2, 0) is 20.7 Å². The third-order valence-electron chi connectivity index (χ3n) is 4.95. The van der Waals surface area contributed by atoms with Crippen molar-refractivity contribution in [2.75, 3.05) is 18.1 Å². The first-order valence-corrected chi connectivity index (χ1v) is 10.9. The maximum atomic E-state index is 13.4. The van der Waals surface area contributed by atoms with Crippen molar-refractivity contribution in [2.24, 2.45) is 0 Å². The van der Waals surface area contributed by atoms with Crippen molar-refractivity contribution in [2.45, 2.75) is 30.2 Å². The number of para-hydroxylation sites is 1. The number of phenols is 1. The quantitative estimate of drug-likeness (QED) is 0.569. The molecule has 1 aromatic heterocycles. The van der Waals surface area contributed by atoms with Gasteiger partial charge in [-0.2, -0.15) is 0 Å². The van der Waals surface area contributed by atoms with Crippen LogP contribution in [0, 0.1) is 0 Å². The Morgan fingerprint density at radius 3 is 2.81 bits per heavy atom. The lowest BCUT2D eigenvalue weighted by atomic mass is 10.1. The number of nitrogens with zero attached hydrogens (tertiary/aromatic N) is 3. The number of aryl methyl sites for hydroxylation is 1. The second kappa shape index (κ2) is 9.22. The highest BCUT2D eigenvalue weighted by molar-refractivity contribution is 8.00. The van der Waals surface area contributed by atoms with Crippen molar-refractivity contribution in [3.05, 3.63) is 54.1 Å². The van der Waals surface area contributed by atoms with Gasteiger partial charge in [-0.15, -0.1) is 5.10 Å². The highest BCUT2D eigenvalue weighted by Crippen LogP contribution is 2.34. The van der Waals surface area contributed by atoms with Gasteiger partial charge < -0.3 is 9.84 Å². The van der Waals surface area contributed by atoms with Crippen LogP contribution in [0.3, 0.4) is 0 Å². The van der Waals surface area contributed by atoms with Crippen LogP contribution in [0.2, 0.25) is 0 Å². The SMILES string of the molecule is CCOC(=O)CN1C(=O)C(Sc2n[nH]c(-c3ccc(O)cc3)n2)CCc2ccccc21. The number of esters is 1. The number of fused-ring (bicyclic) bond motifs is 1. The summed E-state index contributed by atoms with van der Waals surface area (Å²) in [7, 11) is 0. The molecule has 1 unspecified atom stereocenters. The van der Waals surface area contributed by atoms with E-state index in [-0.39, 0.29) is 24.8 Å². The van der Waals surface area contributed by atoms with Gasteiger partial charge in [0.25, 0.3) is 0 Å². The molecular weight excluding hydrogens is 416 g/mol. The molecule has 9 heteroatoms. The molecule has 1 aliphatic heterocycles. The van der Waals surface area contributed by atoms with Gasteiger partial charge in [0.1, 0.15) is 12.3 Å². The topological polar surface area (TPSA) is 108 Å². The van der Waals surface area contributed by atoms with E-state index in [2.05, 4.69) is 15.2 Å². The largest absolute Gasteiger partial charge is 0.508 e. The Hall–Kier alpha value is -3.33. The Kier molecular flexibility index (Phi) is 6.22. The smallest absolute Gasteiger partial charge is 0.326 e. The van der Waals surface area contributed by atoms with Crippen LogP contribution in [0.15, 0.2) is 53.7 Å². The number of hydrogen-bond donors (Lipinski definition) is 2. The molecule has 0 aliphatic carbocycles. The molecule has 2 N–H and O–H groups in total. The second-order valence-electron chi connectivity index (χ2n) is 7.02. The maximum Gasteiger partial charge on any atom is 0.326 e. The number of ether oxygens (including phenoxy) is 1. The molecule has 1 atom stereocenters. The van der Waals surface area contributed by atoms with Crippen molar-refractivity contribution < 1.29 is 19.4 Å². The van der Waals surface area contributed by atoms with Crippen molar-refractivity contribution in [3.63, 3.8) is 0 Å². The molecule has 0 fully saturated rings. The number of carbonyl (C=O) groups is 2. The lowest BCUT2D eigenvalue weighted by molar-refractivity contribution is -0.142. The van der Waals surface area contributed by atoms with E-state index in [0.717, 1.165) is 16.8 Å². The number of carbonyl (C=O) groups excluding carboxylic acids is 2. The number of anilines is 1. The minimum Gasteiger partial charge on any atom is -0.508 e. The van der Waals surface area contributed by atoms with Gasteiger partial charge in [0.15, 0.2) is 5.82 Å². The Balaban J connectivity index is 1.56. The maximum absolute atomic E-state index is 13.4. The van der Waals surface area contributed by atoms with Crippen molar-refractivity contribution in [1.82, 2.24) is 15.2 Å². The van der Waals surface area contributed by atoms with E-state index >= 15 is 0 Å². The summed E-state index contributed by atoms with van der Waals surface area (Å²) < 4.78 is 5.08. The van der Waals surface area contributed by atoms with E-state index in [9.17, 15) is 14.7 Å². The van der Waals surface area contributed by atoms with Gasteiger partial charge in [0.2, 0.25) is 11.1 Å². The van der Waals surface area contributed by atoms with Gasteiger partial charge in [0, 0.05) is 11.3 Å². The number of aromatic amines is 1. The van der Waals surface area contributed by atoms with Crippen LogP contribution in [0.25, 0.3) is 11.4 Å². The molecule has 160 valence electrons. The van der Waals surface area contributed by atoms with Crippen LogP contribution in [0.5, 0.6) is 5.75 Å². The molecule has 31 heavy (non-hydrogen) atoms. The molecule has 0 spiro atoms. The van der Waals surface area contributed by atoms with Gasteiger partial charge in [-0.25, -0.2) is 4.98 Å². The highest BCUT2D eigenvalue weighted by atomic mass is 32.2. The standard InChI is InChI=1S/C22H22N4O4S/c1-2-30-19(28)13-26-17-6-4-3-5-14(17)9-12-18(21(26)29)31-22-23-20(24-25-22)15-7-10-16(27)11-8-15/h3-8,10-11,18,27H,2,9,12-13H2,1H3,(H,23,24,25). The minimum absolute atomic E-state index is 0.131. The average Bonchev–Trinajstić information content (AvgIpc) is 3.19. The van der Waals surface area contributed by atoms with Gasteiger partial charge in [0.05, 0.1) is 11.9 Å². The number of rotatable bonds is 6. The fourth-order valence-electron chi connectivity index (χ4n) is 3.47. The lowest BCUT2D eigenvalue weighted by Crippen LogP contribution is -2.41. The van der Waals surface area contributed by atoms with E-state index in [0.29, 0.717) is 23.8 Å². The predicted molar refractivity (Wildman–Crippen MR) is 117 cm³/mol. The number of amides is 1. The number of H-pyrrole nitrogens is 1. The normalized spacial score (nSPS) is 16.0. The molecule has 4 rings (SSSR count). The first-order valence-electron chi connectivity index (χ1n) is 9.98. The zero-order chi connectivity index (χ0) is 21.8. The molecule has 0 bridgehead atoms. The molecule has 3 aromatic rings. The van der Waals surface area contributed by atoms with Gasteiger partial charge >= 0.3 is 5.97 Å². The monoisotopic (exact) mass is 438 g/mol. The number of aromatic nitrogens is 3. The molecule has 8 nitrogen and oxygen atoms in total. The molecule has 1 amide bonds. The molecular formula is C22H22N4O4S. The molecule has 0 saturated carbocycles. The third kappa shape index (κ3) is 4.72. The van der Waals surface area contributed by atoms with Crippen LogP contribution >= 0.6 is 11.8 Å². The number of aromatic hydroxyl groups is 1. The highest BCUT2D eigenvalue weighted by Gasteiger charge is 2.33. The Bertz CT molecular complexity index is 1080. The van der Waals surface area contributed by atoms with E-state index in [1.54, 1.807) is 31.2 Å². The van der Waals surface area contributed by atoms with Gasteiger partial charge in [-0.3, -0.25) is 19.6 Å². The zero-order valence-corrected chi connectivity index (χ0v) is 17.8. The van der Waals surface area contributed by atoms with E-state index < -0.39 is 11.2 Å². The van der Waals surface area contributed by atoms with E-state index in [1.165, 1.54) is 16.7 Å². The number of thioether (sulfide) groups is 1. The average molecular weight is 439 g/mol. The first-order chi connectivity index (χ1) is 15.0. The Morgan fingerprint density at radius 1 is 1.26 bits per heavy atom. The minimum atomic E-state index is -0.441. The number of phenolic OH excluding ortho intramolecular Hbond substituents is 1. The summed E-state index contributed by atoms with van der Waals surface area (Å²) in [6, 6.07) is 14.2. The van der Waals surface area contributed by atoms with Crippen molar-refractivity contribution in [1.29, 1.82) is 0 Å². The summed E-state index contributed by atoms with van der Waals surface area (Å²) >= 11 is 1.27. The van der Waals surface area contributed by atoms with E-state index in [1.807, 2.05) is 24.3 Å². The van der Waals surface area contributed by atoms with Crippen molar-refractivity contribution in [3.8, 4) is 17.1 Å². The fraction of sp³-hybridized carbons (Fsp3) is 0.273. The summed E-state index contributed by atoms with van der Waals surface area (Å²) in [4.78, 5) is 31.5. The Labute approximate surface area is 183 Å². The fourth-order valence-corrected chi connectivity index (χ4v) is 4.43. The van der Waals surface area contributed by atoms with Crippen LogP contribution in [0.1, 0.15) is 18.9 Å². The summed E-state index contributed by atoms with van der Waals surface area (Å²) in [6.07, 6.45) is 1.30. The molecule has 1 aliphatic rings. The number of nitrogens with one attached hydrogen (secondary N) is 1. The summed E-state index contributed by atoms with van der Waals surface area (Å²) in [6.45, 7) is 1.87. The molecule has 0 saturated heterocycles. The lowest BCUT2D eigenvalue weighted by Gasteiger charge is -2.24. The molecule has 2 aromatic carbocycles. The summed E-state index contributed by atoms with van der Waals surface area (Å²) in [5, 5.41) is 16.6. The van der Waals surface area contributed by atoms with Gasteiger partial charge in [-0.05, 0) is 55.7 Å². The Morgan fingerprint density at radius 2 is 2.03 bits per heavy atom. The predicted octanol–water partition coefficient (Wildman–Crippen LogP) is 3.18. The summed E-state index contributed by atoms with van der Waals surface area (Å²) in [5.41, 5.74) is 2.53. The van der Waals surface area contributed by atoms with Crippen LogP contribution in [-0.4, -0.2) is 50.6 Å². The number of hydrogen-bond acceptors (Lipinski definition) is 7.